The number of nitrogens with zero attached hydrogens (tertiary/aromatic N) is 4. The number of pyridine rings is 1. The van der Waals surface area contributed by atoms with Gasteiger partial charge in [-0.05, 0) is 63.6 Å². The molecule has 5 rings (SSSR count). The fourth-order valence-corrected chi connectivity index (χ4v) is 5.42. The van der Waals surface area contributed by atoms with Crippen LogP contribution in [0.1, 0.15) is 49.7 Å². The average Bonchev–Trinajstić information content (AvgIpc) is 3.38. The SMILES string of the molecule is CCOc1cc(C(=O)N(C)[C@H](c2cncc3cn[nH]c23)C2CN(C(=O)OC(C)(C)C)C2)ccc1-c1cccc(Cl)c1. The van der Waals surface area contributed by atoms with Gasteiger partial charge in [-0.3, -0.25) is 14.9 Å². The van der Waals surface area contributed by atoms with Gasteiger partial charge in [0.05, 0.1) is 24.4 Å². The lowest BCUT2D eigenvalue weighted by atomic mass is 9.85. The third-order valence-corrected chi connectivity index (χ3v) is 7.35. The van der Waals surface area contributed by atoms with Gasteiger partial charge in [0, 0.05) is 65.5 Å². The Morgan fingerprint density at radius 2 is 1.93 bits per heavy atom. The van der Waals surface area contributed by atoms with Crippen molar-refractivity contribution in [3.8, 4) is 16.9 Å². The highest BCUT2D eigenvalue weighted by Gasteiger charge is 2.42. The number of rotatable bonds is 7. The first kappa shape index (κ1) is 28.4. The number of H-pyrrole nitrogens is 1. The Morgan fingerprint density at radius 1 is 1.15 bits per heavy atom. The molecule has 41 heavy (non-hydrogen) atoms. The fraction of sp³-hybridized carbons (Fsp3) is 0.355. The van der Waals surface area contributed by atoms with Crippen LogP contribution in [0.3, 0.4) is 0 Å². The second kappa shape index (κ2) is 11.4. The van der Waals surface area contributed by atoms with Gasteiger partial charge in [-0.1, -0.05) is 23.7 Å². The molecular weight excluding hydrogens is 542 g/mol. The van der Waals surface area contributed by atoms with E-state index in [2.05, 4.69) is 15.2 Å². The van der Waals surface area contributed by atoms with Crippen LogP contribution >= 0.6 is 11.6 Å². The van der Waals surface area contributed by atoms with Crippen molar-refractivity contribution in [1.82, 2.24) is 25.0 Å². The van der Waals surface area contributed by atoms with E-state index in [4.69, 9.17) is 21.1 Å². The van der Waals surface area contributed by atoms with Crippen LogP contribution in [0, 0.1) is 5.92 Å². The van der Waals surface area contributed by atoms with E-state index < -0.39 is 5.60 Å². The lowest BCUT2D eigenvalue weighted by Gasteiger charge is -2.46. The molecule has 10 heteroatoms. The largest absolute Gasteiger partial charge is 0.493 e. The van der Waals surface area contributed by atoms with E-state index in [0.29, 0.717) is 36.0 Å². The number of carbonyl (C=O) groups is 2. The highest BCUT2D eigenvalue weighted by molar-refractivity contribution is 6.30. The predicted octanol–water partition coefficient (Wildman–Crippen LogP) is 6.36. The Hall–Kier alpha value is -4.11. The molecule has 3 heterocycles. The normalized spacial score (nSPS) is 14.4. The van der Waals surface area contributed by atoms with Crippen LogP contribution in [0.25, 0.3) is 22.0 Å². The minimum absolute atomic E-state index is 0.0377. The van der Waals surface area contributed by atoms with Crippen LogP contribution in [0.15, 0.2) is 61.1 Å². The number of ether oxygens (including phenoxy) is 2. The van der Waals surface area contributed by atoms with Crippen molar-refractivity contribution in [1.29, 1.82) is 0 Å². The van der Waals surface area contributed by atoms with Crippen molar-refractivity contribution >= 4 is 34.5 Å². The molecule has 1 fully saturated rings. The standard InChI is InChI=1S/C31H34ClN5O4/c1-6-40-26-13-20(10-11-24(26)19-8-7-9-23(32)12-19)29(38)36(5)28(25-16-33-14-21-15-34-35-27(21)25)22-17-37(18-22)30(39)41-31(2,3)4/h7-16,22,28H,6,17-18H2,1-5H3,(H,34,35)/t28-/m0/s1. The van der Waals surface area contributed by atoms with Gasteiger partial charge in [-0.25, -0.2) is 4.79 Å². The summed E-state index contributed by atoms with van der Waals surface area (Å²) in [5.41, 5.74) is 3.30. The van der Waals surface area contributed by atoms with Gasteiger partial charge >= 0.3 is 6.09 Å². The molecule has 1 N–H and O–H groups in total. The molecule has 0 bridgehead atoms. The van der Waals surface area contributed by atoms with Crippen molar-refractivity contribution in [3.05, 3.63) is 77.2 Å². The number of hydrogen-bond donors (Lipinski definition) is 1. The van der Waals surface area contributed by atoms with Crippen LogP contribution < -0.4 is 4.74 Å². The molecular formula is C31H34ClN5O4. The van der Waals surface area contributed by atoms with Crippen LogP contribution in [-0.4, -0.2) is 69.3 Å². The second-order valence-corrected chi connectivity index (χ2v) is 11.7. The topological polar surface area (TPSA) is 101 Å². The van der Waals surface area contributed by atoms with E-state index in [1.54, 1.807) is 47.6 Å². The third kappa shape index (κ3) is 6.00. The summed E-state index contributed by atoms with van der Waals surface area (Å²) in [4.78, 5) is 34.5. The summed E-state index contributed by atoms with van der Waals surface area (Å²) in [5.74, 6) is 0.382. The Morgan fingerprint density at radius 3 is 2.63 bits per heavy atom. The van der Waals surface area contributed by atoms with Crippen molar-refractivity contribution < 1.29 is 19.1 Å². The molecule has 2 aromatic carbocycles. The highest BCUT2D eigenvalue weighted by atomic mass is 35.5. The molecule has 2 amide bonds. The molecule has 0 aliphatic carbocycles. The summed E-state index contributed by atoms with van der Waals surface area (Å²) in [6.45, 7) is 8.77. The molecule has 4 aromatic rings. The molecule has 1 aliphatic heterocycles. The summed E-state index contributed by atoms with van der Waals surface area (Å²) in [6, 6.07) is 12.6. The zero-order valence-corrected chi connectivity index (χ0v) is 24.6. The molecule has 0 unspecified atom stereocenters. The number of halogens is 1. The molecule has 1 atom stereocenters. The average molecular weight is 576 g/mol. The minimum atomic E-state index is -0.588. The van der Waals surface area contributed by atoms with Crippen molar-refractivity contribution in [2.45, 2.75) is 39.3 Å². The van der Waals surface area contributed by atoms with Gasteiger partial charge < -0.3 is 19.3 Å². The van der Waals surface area contributed by atoms with Gasteiger partial charge in [0.25, 0.3) is 5.91 Å². The quantitative estimate of drug-likeness (QED) is 0.275. The van der Waals surface area contributed by atoms with Crippen LogP contribution in [0.5, 0.6) is 5.75 Å². The molecule has 1 saturated heterocycles. The zero-order chi connectivity index (χ0) is 29.3. The van der Waals surface area contributed by atoms with E-state index in [0.717, 1.165) is 27.6 Å². The summed E-state index contributed by atoms with van der Waals surface area (Å²) in [7, 11) is 1.78. The number of hydrogen-bond acceptors (Lipinski definition) is 6. The minimum Gasteiger partial charge on any atom is -0.493 e. The van der Waals surface area contributed by atoms with E-state index in [1.807, 2.05) is 58.0 Å². The van der Waals surface area contributed by atoms with Crippen LogP contribution in [0.2, 0.25) is 5.02 Å². The zero-order valence-electron chi connectivity index (χ0n) is 23.8. The molecule has 1 aliphatic rings. The first-order valence-electron chi connectivity index (χ1n) is 13.6. The fourth-order valence-electron chi connectivity index (χ4n) is 5.23. The number of aromatic nitrogens is 3. The second-order valence-electron chi connectivity index (χ2n) is 11.2. The maximum absolute atomic E-state index is 14.0. The molecule has 0 saturated carbocycles. The van der Waals surface area contributed by atoms with E-state index >= 15 is 0 Å². The Bertz CT molecular complexity index is 1570. The number of carbonyl (C=O) groups excluding carboxylic acids is 2. The van der Waals surface area contributed by atoms with Gasteiger partial charge in [0.2, 0.25) is 0 Å². The Labute approximate surface area is 244 Å². The Balaban J connectivity index is 1.47. The number of benzene rings is 2. The number of nitrogens with one attached hydrogen (secondary N) is 1. The van der Waals surface area contributed by atoms with Gasteiger partial charge in [-0.15, -0.1) is 0 Å². The van der Waals surface area contributed by atoms with Crippen LogP contribution in [0.4, 0.5) is 4.79 Å². The first-order valence-corrected chi connectivity index (χ1v) is 14.0. The summed E-state index contributed by atoms with van der Waals surface area (Å²) < 4.78 is 11.5. The maximum atomic E-state index is 14.0. The molecule has 2 aromatic heterocycles. The molecule has 0 radical (unpaired) electrons. The lowest BCUT2D eigenvalue weighted by molar-refractivity contribution is -0.0156. The number of aromatic amines is 1. The molecule has 0 spiro atoms. The number of fused-ring (bicyclic) bond motifs is 1. The van der Waals surface area contributed by atoms with Crippen molar-refractivity contribution in [2.75, 3.05) is 26.7 Å². The smallest absolute Gasteiger partial charge is 0.410 e. The lowest BCUT2D eigenvalue weighted by Crippen LogP contribution is -2.56. The van der Waals surface area contributed by atoms with Gasteiger partial charge in [0.15, 0.2) is 0 Å². The van der Waals surface area contributed by atoms with Gasteiger partial charge in [0.1, 0.15) is 11.4 Å². The summed E-state index contributed by atoms with van der Waals surface area (Å²) in [6.07, 6.45) is 4.84. The molecule has 214 valence electrons. The van der Waals surface area contributed by atoms with E-state index in [9.17, 15) is 9.59 Å². The number of likely N-dealkylation sites (tertiary alicyclic amines) is 1. The van der Waals surface area contributed by atoms with E-state index in [1.165, 1.54) is 0 Å². The Kier molecular flexibility index (Phi) is 7.91. The maximum Gasteiger partial charge on any atom is 0.410 e. The van der Waals surface area contributed by atoms with E-state index in [-0.39, 0.29) is 24.0 Å². The van der Waals surface area contributed by atoms with Crippen LogP contribution in [-0.2, 0) is 4.74 Å². The summed E-state index contributed by atoms with van der Waals surface area (Å²) >= 11 is 6.24. The predicted molar refractivity (Wildman–Crippen MR) is 158 cm³/mol. The monoisotopic (exact) mass is 575 g/mol. The number of amides is 2. The summed E-state index contributed by atoms with van der Waals surface area (Å²) in [5, 5.41) is 8.72. The van der Waals surface area contributed by atoms with Crippen molar-refractivity contribution in [2.24, 2.45) is 5.92 Å². The highest BCUT2D eigenvalue weighted by Crippen LogP contribution is 2.39. The molecule has 9 nitrogen and oxygen atoms in total. The van der Waals surface area contributed by atoms with Gasteiger partial charge in [-0.2, -0.15) is 5.10 Å². The first-order chi connectivity index (χ1) is 19.6. The van der Waals surface area contributed by atoms with Crippen molar-refractivity contribution in [3.63, 3.8) is 0 Å². The third-order valence-electron chi connectivity index (χ3n) is 7.11.